The molecule has 0 saturated carbocycles. The Morgan fingerprint density at radius 1 is 1.79 bits per heavy atom. The maximum Gasteiger partial charge on any atom is 0.355 e. The van der Waals surface area contributed by atoms with Crippen LogP contribution in [-0.2, 0) is 14.3 Å². The van der Waals surface area contributed by atoms with Crippen LogP contribution in [0.3, 0.4) is 0 Å². The highest BCUT2D eigenvalue weighted by Crippen LogP contribution is 2.40. The van der Waals surface area contributed by atoms with Crippen LogP contribution in [0, 0.1) is 0 Å². The van der Waals surface area contributed by atoms with Crippen LogP contribution in [0.5, 0.6) is 0 Å². The lowest BCUT2D eigenvalue weighted by atomic mass is 10.2. The van der Waals surface area contributed by atoms with Crippen LogP contribution in [0.25, 0.3) is 0 Å². The highest BCUT2D eigenvalue weighted by atomic mass is 32.2. The molecule has 2 rings (SSSR count). The second-order valence-corrected chi connectivity index (χ2v) is 3.97. The van der Waals surface area contributed by atoms with Crippen molar-refractivity contribution in [3.05, 3.63) is 11.1 Å². The fourth-order valence-electron chi connectivity index (χ4n) is 1.34. The summed E-state index contributed by atoms with van der Waals surface area (Å²) in [7, 11) is 0. The molecule has 0 unspecified atom stereocenters. The standard InChI is InChI=1S/C8H9NO4S/c10-1-2-13-8(12)5-4-14-7-3-6(11)9(5)7/h4,7,10H,1-3H2/t7-/m1/s1. The van der Waals surface area contributed by atoms with E-state index in [9.17, 15) is 9.59 Å². The van der Waals surface area contributed by atoms with E-state index < -0.39 is 5.97 Å². The summed E-state index contributed by atoms with van der Waals surface area (Å²) in [6, 6.07) is 0. The van der Waals surface area contributed by atoms with E-state index >= 15 is 0 Å². The van der Waals surface area contributed by atoms with Crippen molar-refractivity contribution in [1.29, 1.82) is 0 Å². The zero-order valence-electron chi connectivity index (χ0n) is 7.30. The number of aliphatic hydroxyl groups excluding tert-OH is 1. The third kappa shape index (κ3) is 1.40. The van der Waals surface area contributed by atoms with Crippen LogP contribution in [0.2, 0.25) is 0 Å². The molecule has 2 aliphatic rings. The van der Waals surface area contributed by atoms with Gasteiger partial charge in [-0.3, -0.25) is 9.69 Å². The van der Waals surface area contributed by atoms with Crippen LogP contribution < -0.4 is 0 Å². The molecule has 1 amide bonds. The summed E-state index contributed by atoms with van der Waals surface area (Å²) in [4.78, 5) is 23.9. The molecular weight excluding hydrogens is 206 g/mol. The number of ether oxygens (including phenoxy) is 1. The first-order valence-electron chi connectivity index (χ1n) is 4.19. The Bertz CT molecular complexity index is 314. The smallest absolute Gasteiger partial charge is 0.355 e. The highest BCUT2D eigenvalue weighted by molar-refractivity contribution is 8.03. The van der Waals surface area contributed by atoms with Crippen molar-refractivity contribution >= 4 is 23.6 Å². The zero-order chi connectivity index (χ0) is 10.1. The van der Waals surface area contributed by atoms with Gasteiger partial charge in [0.2, 0.25) is 5.91 Å². The van der Waals surface area contributed by atoms with Crippen LogP contribution >= 0.6 is 11.8 Å². The van der Waals surface area contributed by atoms with Gasteiger partial charge in [-0.25, -0.2) is 4.79 Å². The molecule has 6 heteroatoms. The number of carbonyl (C=O) groups is 2. The molecule has 0 spiro atoms. The third-order valence-corrected chi connectivity index (χ3v) is 3.09. The Hall–Kier alpha value is -1.01. The molecule has 2 heterocycles. The fourth-order valence-corrected chi connectivity index (χ4v) is 2.43. The number of fused-ring (bicyclic) bond motifs is 1. The lowest BCUT2D eigenvalue weighted by Gasteiger charge is -2.34. The first-order chi connectivity index (χ1) is 6.74. The number of rotatable bonds is 3. The van der Waals surface area contributed by atoms with Gasteiger partial charge in [0.05, 0.1) is 18.4 Å². The summed E-state index contributed by atoms with van der Waals surface area (Å²) in [5.41, 5.74) is 0.296. The molecule has 1 N–H and O–H groups in total. The van der Waals surface area contributed by atoms with E-state index in [1.807, 2.05) is 0 Å². The number of β-lactam (4-membered cyclic amide) rings is 1. The van der Waals surface area contributed by atoms with Gasteiger partial charge in [0.15, 0.2) is 0 Å². The van der Waals surface area contributed by atoms with Crippen LogP contribution in [0.4, 0.5) is 0 Å². The molecule has 1 atom stereocenters. The van der Waals surface area contributed by atoms with Gasteiger partial charge in [-0.05, 0) is 0 Å². The number of carbonyl (C=O) groups excluding carboxylic acids is 2. The number of aliphatic hydroxyl groups is 1. The Labute approximate surface area is 84.7 Å². The molecule has 0 aromatic carbocycles. The molecule has 0 radical (unpaired) electrons. The van der Waals surface area contributed by atoms with E-state index in [4.69, 9.17) is 9.84 Å². The summed E-state index contributed by atoms with van der Waals surface area (Å²) in [6.45, 7) is -0.239. The first kappa shape index (κ1) is 9.54. The predicted molar refractivity (Wildman–Crippen MR) is 49.0 cm³/mol. The van der Waals surface area contributed by atoms with Gasteiger partial charge < -0.3 is 9.84 Å². The molecule has 76 valence electrons. The maximum atomic E-state index is 11.3. The lowest BCUT2D eigenvalue weighted by Crippen LogP contribution is -2.48. The molecule has 2 aliphatic heterocycles. The van der Waals surface area contributed by atoms with Gasteiger partial charge in [0.25, 0.3) is 0 Å². The summed E-state index contributed by atoms with van der Waals surface area (Å²) < 4.78 is 4.71. The maximum absolute atomic E-state index is 11.3. The zero-order valence-corrected chi connectivity index (χ0v) is 8.12. The first-order valence-corrected chi connectivity index (χ1v) is 5.14. The average molecular weight is 215 g/mol. The summed E-state index contributed by atoms with van der Waals surface area (Å²) in [5, 5.41) is 10.2. The number of nitrogens with zero attached hydrogens (tertiary/aromatic N) is 1. The fraction of sp³-hybridized carbons (Fsp3) is 0.500. The van der Waals surface area contributed by atoms with Crippen molar-refractivity contribution in [2.75, 3.05) is 13.2 Å². The number of amides is 1. The topological polar surface area (TPSA) is 66.8 Å². The Morgan fingerprint density at radius 3 is 3.21 bits per heavy atom. The van der Waals surface area contributed by atoms with Gasteiger partial charge >= 0.3 is 5.97 Å². The SMILES string of the molecule is O=C(OCCO)C1=CS[C@@H]2CC(=O)N12. The molecule has 0 aromatic rings. The van der Waals surface area contributed by atoms with Crippen molar-refractivity contribution in [2.45, 2.75) is 11.8 Å². The second kappa shape index (κ2) is 3.62. The van der Waals surface area contributed by atoms with E-state index in [0.29, 0.717) is 12.1 Å². The third-order valence-electron chi connectivity index (χ3n) is 2.04. The largest absolute Gasteiger partial charge is 0.459 e. The average Bonchev–Trinajstić information content (AvgIpc) is 2.51. The van der Waals surface area contributed by atoms with Gasteiger partial charge in [-0.15, -0.1) is 11.8 Å². The molecule has 1 fully saturated rings. The van der Waals surface area contributed by atoms with Crippen LogP contribution in [-0.4, -0.2) is 40.5 Å². The van der Waals surface area contributed by atoms with Crippen molar-refractivity contribution in [3.8, 4) is 0 Å². The second-order valence-electron chi connectivity index (χ2n) is 2.92. The quantitative estimate of drug-likeness (QED) is 0.515. The van der Waals surface area contributed by atoms with Gasteiger partial charge in [-0.2, -0.15) is 0 Å². The normalized spacial score (nSPS) is 24.1. The van der Waals surface area contributed by atoms with Crippen molar-refractivity contribution in [2.24, 2.45) is 0 Å². The number of esters is 1. The molecule has 0 aromatic heterocycles. The van der Waals surface area contributed by atoms with Crippen LogP contribution in [0.15, 0.2) is 11.1 Å². The molecular formula is C8H9NO4S. The van der Waals surface area contributed by atoms with Crippen molar-refractivity contribution in [1.82, 2.24) is 4.90 Å². The number of thioether (sulfide) groups is 1. The van der Waals surface area contributed by atoms with Gasteiger partial charge in [-0.1, -0.05) is 0 Å². The predicted octanol–water partition coefficient (Wildman–Crippen LogP) is -0.332. The molecule has 0 bridgehead atoms. The van der Waals surface area contributed by atoms with Gasteiger partial charge in [0.1, 0.15) is 12.3 Å². The number of hydrogen-bond donors (Lipinski definition) is 1. The van der Waals surface area contributed by atoms with Gasteiger partial charge in [0, 0.05) is 5.41 Å². The van der Waals surface area contributed by atoms with Crippen molar-refractivity contribution < 1.29 is 19.4 Å². The Balaban J connectivity index is 1.98. The summed E-state index contributed by atoms with van der Waals surface area (Å²) in [6.07, 6.45) is 0.484. The minimum atomic E-state index is -0.540. The molecule has 5 nitrogen and oxygen atoms in total. The molecule has 0 aliphatic carbocycles. The minimum absolute atomic E-state index is 0.0342. The van der Waals surface area contributed by atoms with E-state index in [1.54, 1.807) is 5.41 Å². The number of hydrogen-bond acceptors (Lipinski definition) is 5. The lowest BCUT2D eigenvalue weighted by molar-refractivity contribution is -0.149. The van der Waals surface area contributed by atoms with Crippen LogP contribution in [0.1, 0.15) is 6.42 Å². The van der Waals surface area contributed by atoms with Crippen molar-refractivity contribution in [3.63, 3.8) is 0 Å². The minimum Gasteiger partial charge on any atom is -0.459 e. The highest BCUT2D eigenvalue weighted by Gasteiger charge is 2.45. The molecule has 14 heavy (non-hydrogen) atoms. The summed E-state index contributed by atoms with van der Waals surface area (Å²) in [5.74, 6) is -0.589. The van der Waals surface area contributed by atoms with E-state index in [-0.39, 0.29) is 24.5 Å². The Morgan fingerprint density at radius 2 is 2.57 bits per heavy atom. The molecule has 1 saturated heterocycles. The van der Waals surface area contributed by atoms with E-state index in [0.717, 1.165) is 0 Å². The monoisotopic (exact) mass is 215 g/mol. The summed E-state index contributed by atoms with van der Waals surface area (Å²) >= 11 is 1.45. The Kier molecular flexibility index (Phi) is 2.47. The van der Waals surface area contributed by atoms with E-state index in [2.05, 4.69) is 0 Å². The van der Waals surface area contributed by atoms with E-state index in [1.165, 1.54) is 16.7 Å².